The van der Waals surface area contributed by atoms with Gasteiger partial charge in [-0.25, -0.2) is 0 Å². The summed E-state index contributed by atoms with van der Waals surface area (Å²) in [5, 5.41) is 14.4. The summed E-state index contributed by atoms with van der Waals surface area (Å²) in [5.41, 5.74) is 3.92. The number of aryl methyl sites for hydroxylation is 1. The molecule has 3 aromatic rings. The third-order valence-electron chi connectivity index (χ3n) is 3.37. The minimum Gasteiger partial charge on any atom is -0.271 e. The van der Waals surface area contributed by atoms with Crippen LogP contribution >= 0.6 is 15.9 Å². The fourth-order valence-electron chi connectivity index (χ4n) is 2.31. The van der Waals surface area contributed by atoms with Gasteiger partial charge in [0.25, 0.3) is 0 Å². The second-order valence-corrected chi connectivity index (χ2v) is 5.79. The summed E-state index contributed by atoms with van der Waals surface area (Å²) in [7, 11) is 1.75. The maximum atomic E-state index is 5.69. The van der Waals surface area contributed by atoms with Gasteiger partial charge in [-0.2, -0.15) is 4.80 Å². The Hall–Kier alpha value is -1.83. The first-order valence-electron chi connectivity index (χ1n) is 6.54. The smallest absolute Gasteiger partial charge is 0.176 e. The molecule has 2 aromatic carbocycles. The zero-order valence-electron chi connectivity index (χ0n) is 11.5. The Morgan fingerprint density at radius 1 is 1.24 bits per heavy atom. The van der Waals surface area contributed by atoms with Crippen molar-refractivity contribution in [2.45, 2.75) is 12.5 Å². The lowest BCUT2D eigenvalue weighted by Gasteiger charge is -2.15. The molecule has 0 aliphatic carbocycles. The number of tetrazole rings is 1. The molecule has 0 bridgehead atoms. The molecule has 6 nitrogen and oxygen atoms in total. The minimum atomic E-state index is -0.0535. The number of rotatable bonds is 4. The van der Waals surface area contributed by atoms with Crippen LogP contribution in [0.4, 0.5) is 0 Å². The number of nitrogens with one attached hydrogen (secondary N) is 1. The van der Waals surface area contributed by atoms with Crippen LogP contribution < -0.4 is 11.3 Å². The predicted octanol–water partition coefficient (Wildman–Crippen LogP) is 1.87. The summed E-state index contributed by atoms with van der Waals surface area (Å²) in [6.07, 6.45) is 0.590. The van der Waals surface area contributed by atoms with Crippen molar-refractivity contribution in [3.8, 4) is 0 Å². The van der Waals surface area contributed by atoms with E-state index in [0.717, 1.165) is 10.0 Å². The number of halogens is 1. The van der Waals surface area contributed by atoms with Crippen LogP contribution in [0.1, 0.15) is 17.4 Å². The van der Waals surface area contributed by atoms with Crippen molar-refractivity contribution in [2.75, 3.05) is 0 Å². The number of aromatic nitrogens is 4. The number of hydrogen-bond donors (Lipinski definition) is 2. The van der Waals surface area contributed by atoms with E-state index in [4.69, 9.17) is 5.84 Å². The fraction of sp³-hybridized carbons (Fsp3) is 0.214. The van der Waals surface area contributed by atoms with Crippen molar-refractivity contribution < 1.29 is 0 Å². The zero-order valence-corrected chi connectivity index (χ0v) is 13.1. The topological polar surface area (TPSA) is 81.7 Å². The molecular formula is C14H15BrN6. The molecule has 3 N–H and O–H groups in total. The van der Waals surface area contributed by atoms with Crippen molar-refractivity contribution >= 4 is 26.7 Å². The van der Waals surface area contributed by atoms with Crippen molar-refractivity contribution in [2.24, 2.45) is 12.9 Å². The molecule has 1 aromatic heterocycles. The molecule has 21 heavy (non-hydrogen) atoms. The first-order valence-corrected chi connectivity index (χ1v) is 7.33. The van der Waals surface area contributed by atoms with Crippen molar-refractivity contribution in [3.63, 3.8) is 0 Å². The summed E-state index contributed by atoms with van der Waals surface area (Å²) in [6, 6.07) is 12.4. The fourth-order valence-corrected chi connectivity index (χ4v) is 2.69. The highest BCUT2D eigenvalue weighted by Gasteiger charge is 2.14. The van der Waals surface area contributed by atoms with E-state index in [1.165, 1.54) is 15.6 Å². The van der Waals surface area contributed by atoms with E-state index in [1.54, 1.807) is 7.05 Å². The summed E-state index contributed by atoms with van der Waals surface area (Å²) in [6.45, 7) is 0. The van der Waals surface area contributed by atoms with Crippen molar-refractivity contribution in [3.05, 3.63) is 52.3 Å². The molecule has 1 heterocycles. The van der Waals surface area contributed by atoms with Crippen LogP contribution in [0, 0.1) is 0 Å². The van der Waals surface area contributed by atoms with E-state index in [2.05, 4.69) is 67.1 Å². The molecule has 3 rings (SSSR count). The number of nitrogens with two attached hydrogens (primary N) is 1. The Kier molecular flexibility index (Phi) is 3.96. The maximum Gasteiger partial charge on any atom is 0.176 e. The molecule has 1 atom stereocenters. The first kappa shape index (κ1) is 14.1. The number of benzene rings is 2. The van der Waals surface area contributed by atoms with Gasteiger partial charge in [0.05, 0.1) is 13.1 Å². The molecule has 0 aliphatic rings. The predicted molar refractivity (Wildman–Crippen MR) is 84.2 cm³/mol. The Morgan fingerprint density at radius 3 is 2.71 bits per heavy atom. The standard InChI is InChI=1S/C14H15BrN6/c1-21-19-14(18-20-21)8-13(17-16)11-3-2-10-7-12(15)5-4-9(10)6-11/h2-7,13,17H,8,16H2,1H3. The average molecular weight is 347 g/mol. The minimum absolute atomic E-state index is 0.0535. The van der Waals surface area contributed by atoms with E-state index < -0.39 is 0 Å². The second kappa shape index (κ2) is 5.88. The molecule has 0 fully saturated rings. The highest BCUT2D eigenvalue weighted by Crippen LogP contribution is 2.24. The second-order valence-electron chi connectivity index (χ2n) is 4.87. The summed E-state index contributed by atoms with van der Waals surface area (Å²) in [4.78, 5) is 1.45. The van der Waals surface area contributed by atoms with Gasteiger partial charge < -0.3 is 0 Å². The van der Waals surface area contributed by atoms with Gasteiger partial charge in [-0.05, 0) is 39.7 Å². The molecular weight excluding hydrogens is 332 g/mol. The number of hydrazine groups is 1. The lowest BCUT2D eigenvalue weighted by Crippen LogP contribution is -2.29. The molecule has 0 spiro atoms. The quantitative estimate of drug-likeness (QED) is 0.556. The van der Waals surface area contributed by atoms with Crippen LogP contribution in [-0.2, 0) is 13.5 Å². The largest absolute Gasteiger partial charge is 0.271 e. The van der Waals surface area contributed by atoms with E-state index in [0.29, 0.717) is 12.2 Å². The highest BCUT2D eigenvalue weighted by atomic mass is 79.9. The van der Waals surface area contributed by atoms with Gasteiger partial charge in [-0.3, -0.25) is 11.3 Å². The van der Waals surface area contributed by atoms with Gasteiger partial charge in [0.2, 0.25) is 0 Å². The maximum absolute atomic E-state index is 5.69. The molecule has 0 radical (unpaired) electrons. The molecule has 0 saturated carbocycles. The van der Waals surface area contributed by atoms with Crippen LogP contribution in [0.15, 0.2) is 40.9 Å². The van der Waals surface area contributed by atoms with E-state index >= 15 is 0 Å². The van der Waals surface area contributed by atoms with Crippen LogP contribution in [0.3, 0.4) is 0 Å². The summed E-state index contributed by atoms with van der Waals surface area (Å²) >= 11 is 3.48. The Balaban J connectivity index is 1.91. The first-order chi connectivity index (χ1) is 10.2. The zero-order chi connectivity index (χ0) is 14.8. The number of nitrogens with zero attached hydrogens (tertiary/aromatic N) is 4. The van der Waals surface area contributed by atoms with Crippen LogP contribution in [-0.4, -0.2) is 20.2 Å². The molecule has 108 valence electrons. The van der Waals surface area contributed by atoms with Gasteiger partial charge in [-0.1, -0.05) is 34.1 Å². The number of hydrogen-bond acceptors (Lipinski definition) is 5. The Bertz CT molecular complexity index is 769. The van der Waals surface area contributed by atoms with Gasteiger partial charge in [0, 0.05) is 10.9 Å². The lowest BCUT2D eigenvalue weighted by molar-refractivity contribution is 0.536. The van der Waals surface area contributed by atoms with Gasteiger partial charge >= 0.3 is 0 Å². The van der Waals surface area contributed by atoms with Gasteiger partial charge in [-0.15, -0.1) is 10.2 Å². The van der Waals surface area contributed by atoms with E-state index in [9.17, 15) is 0 Å². The van der Waals surface area contributed by atoms with Crippen LogP contribution in [0.25, 0.3) is 10.8 Å². The Morgan fingerprint density at radius 2 is 2.00 bits per heavy atom. The van der Waals surface area contributed by atoms with Crippen LogP contribution in [0.2, 0.25) is 0 Å². The summed E-state index contributed by atoms with van der Waals surface area (Å²) < 4.78 is 1.07. The van der Waals surface area contributed by atoms with Crippen LogP contribution in [0.5, 0.6) is 0 Å². The third kappa shape index (κ3) is 3.10. The SMILES string of the molecule is Cn1nnc(CC(NN)c2ccc3cc(Br)ccc3c2)n1. The molecule has 7 heteroatoms. The average Bonchev–Trinajstić information content (AvgIpc) is 2.89. The van der Waals surface area contributed by atoms with Crippen molar-refractivity contribution in [1.82, 2.24) is 25.6 Å². The monoisotopic (exact) mass is 346 g/mol. The molecule has 0 saturated heterocycles. The Labute approximate surface area is 130 Å². The van der Waals surface area contributed by atoms with E-state index in [-0.39, 0.29) is 6.04 Å². The van der Waals surface area contributed by atoms with E-state index in [1.807, 2.05) is 6.07 Å². The molecule has 0 amide bonds. The summed E-state index contributed by atoms with van der Waals surface area (Å²) in [5.74, 6) is 6.35. The highest BCUT2D eigenvalue weighted by molar-refractivity contribution is 9.10. The van der Waals surface area contributed by atoms with Gasteiger partial charge in [0.1, 0.15) is 0 Å². The number of fused-ring (bicyclic) bond motifs is 1. The van der Waals surface area contributed by atoms with Gasteiger partial charge in [0.15, 0.2) is 5.82 Å². The molecule has 1 unspecified atom stereocenters. The normalized spacial score (nSPS) is 12.7. The molecule has 0 aliphatic heterocycles. The van der Waals surface area contributed by atoms with Crippen molar-refractivity contribution in [1.29, 1.82) is 0 Å². The lowest BCUT2D eigenvalue weighted by atomic mass is 10.00. The third-order valence-corrected chi connectivity index (χ3v) is 3.86.